The van der Waals surface area contributed by atoms with Gasteiger partial charge in [0, 0.05) is 18.5 Å². The number of thioether (sulfide) groups is 1. The topological polar surface area (TPSA) is 46.8 Å². The van der Waals surface area contributed by atoms with Gasteiger partial charge in [0.1, 0.15) is 16.9 Å². The summed E-state index contributed by atoms with van der Waals surface area (Å²) in [7, 11) is 1.26. The molecule has 3 aromatic rings. The predicted octanol–water partition coefficient (Wildman–Crippen LogP) is 6.79. The third-order valence-corrected chi connectivity index (χ3v) is 6.89. The van der Waals surface area contributed by atoms with E-state index in [1.165, 1.54) is 28.2 Å². The number of alkyl halides is 3. The van der Waals surface area contributed by atoms with Crippen LogP contribution < -0.4 is 0 Å². The summed E-state index contributed by atoms with van der Waals surface area (Å²) >= 11 is 20.4. The highest BCUT2D eigenvalue weighted by molar-refractivity contribution is 7.99. The summed E-state index contributed by atoms with van der Waals surface area (Å²) in [5.74, 6) is 0.685. The Hall–Kier alpha value is -1.81. The lowest BCUT2D eigenvalue weighted by atomic mass is 10.2. The minimum absolute atomic E-state index is 0.0888. The van der Waals surface area contributed by atoms with E-state index in [0.29, 0.717) is 18.0 Å². The van der Waals surface area contributed by atoms with Crippen molar-refractivity contribution < 1.29 is 22.7 Å². The molecule has 1 saturated heterocycles. The summed E-state index contributed by atoms with van der Waals surface area (Å²) in [5, 5.41) is -0.345. The SMILES string of the molecule is COC(=O)N1CCS[C@H]1c1nc(-c2c(Cl)cccc2Cl)n2cc(C(F)(F)F)cc(Cl)c12. The van der Waals surface area contributed by atoms with Crippen molar-refractivity contribution in [1.82, 2.24) is 14.3 Å². The van der Waals surface area contributed by atoms with Gasteiger partial charge in [0.2, 0.25) is 0 Å². The largest absolute Gasteiger partial charge is 0.453 e. The zero-order chi connectivity index (χ0) is 22.5. The molecule has 1 fully saturated rings. The number of methoxy groups -OCH3 is 1. The molecule has 0 aliphatic carbocycles. The molecule has 0 unspecified atom stereocenters. The molecule has 1 atom stereocenters. The molecule has 1 aliphatic heterocycles. The van der Waals surface area contributed by atoms with Gasteiger partial charge in [0.05, 0.1) is 38.8 Å². The zero-order valence-electron chi connectivity index (χ0n) is 15.7. The fraction of sp³-hybridized carbons (Fsp3) is 0.263. The summed E-state index contributed by atoms with van der Waals surface area (Å²) in [6.07, 6.45) is -4.31. The molecular formula is C19H13Cl3F3N3O2S. The lowest BCUT2D eigenvalue weighted by Crippen LogP contribution is -2.30. The highest BCUT2D eigenvalue weighted by Gasteiger charge is 2.38. The van der Waals surface area contributed by atoms with Crippen LogP contribution in [0.15, 0.2) is 30.5 Å². The number of benzene rings is 1. The first-order valence-electron chi connectivity index (χ1n) is 8.82. The van der Waals surface area contributed by atoms with Crippen molar-refractivity contribution >= 4 is 58.2 Å². The van der Waals surface area contributed by atoms with Gasteiger partial charge in [0.15, 0.2) is 0 Å². The molecule has 1 aromatic carbocycles. The Balaban J connectivity index is 2.04. The molecule has 0 bridgehead atoms. The standard InChI is InChI=1S/C19H13Cl3F3N3O2S/c1-30-18(29)27-5-6-31-17(27)14-15-12(22)7-9(19(23,24)25)8-28(15)16(26-14)13-10(20)3-2-4-11(13)21/h2-4,7-8,17H,5-6H2,1H3/t17-/m0/s1. The van der Waals surface area contributed by atoms with Crippen LogP contribution in [-0.4, -0.2) is 39.8 Å². The average Bonchev–Trinajstić information content (AvgIpc) is 3.32. The van der Waals surface area contributed by atoms with E-state index in [9.17, 15) is 18.0 Å². The summed E-state index contributed by atoms with van der Waals surface area (Å²) in [6, 6.07) is 5.57. The fourth-order valence-corrected chi connectivity index (χ4v) is 5.50. The van der Waals surface area contributed by atoms with Gasteiger partial charge in [-0.25, -0.2) is 9.78 Å². The molecule has 31 heavy (non-hydrogen) atoms. The summed E-state index contributed by atoms with van der Waals surface area (Å²) in [4.78, 5) is 18.3. The molecule has 2 aromatic heterocycles. The lowest BCUT2D eigenvalue weighted by Gasteiger charge is -2.21. The van der Waals surface area contributed by atoms with E-state index >= 15 is 0 Å². The van der Waals surface area contributed by atoms with Gasteiger partial charge in [-0.1, -0.05) is 40.9 Å². The normalized spacial score (nSPS) is 16.9. The maximum absolute atomic E-state index is 13.5. The van der Waals surface area contributed by atoms with Crippen molar-refractivity contribution in [2.24, 2.45) is 0 Å². The van der Waals surface area contributed by atoms with Crippen LogP contribution in [-0.2, 0) is 10.9 Å². The summed E-state index contributed by atoms with van der Waals surface area (Å²) < 4.78 is 46.5. The summed E-state index contributed by atoms with van der Waals surface area (Å²) in [6.45, 7) is 0.390. The predicted molar refractivity (Wildman–Crippen MR) is 115 cm³/mol. The Bertz CT molecular complexity index is 1170. The van der Waals surface area contributed by atoms with E-state index in [-0.39, 0.29) is 32.0 Å². The number of fused-ring (bicyclic) bond motifs is 1. The number of ether oxygens (including phenoxy) is 1. The minimum atomic E-state index is -4.63. The van der Waals surface area contributed by atoms with E-state index < -0.39 is 23.2 Å². The smallest absolute Gasteiger partial charge is 0.417 e. The highest BCUT2D eigenvalue weighted by Crippen LogP contribution is 2.45. The molecule has 0 N–H and O–H groups in total. The Kier molecular flexibility index (Phi) is 5.97. The van der Waals surface area contributed by atoms with Gasteiger partial charge in [-0.15, -0.1) is 11.8 Å². The number of hydrogen-bond acceptors (Lipinski definition) is 4. The summed E-state index contributed by atoms with van der Waals surface area (Å²) in [5.41, 5.74) is -0.149. The van der Waals surface area contributed by atoms with Crippen LogP contribution in [0.5, 0.6) is 0 Å². The van der Waals surface area contributed by atoms with Crippen molar-refractivity contribution in [3.63, 3.8) is 0 Å². The number of halogens is 6. The van der Waals surface area contributed by atoms with Gasteiger partial charge in [-0.2, -0.15) is 13.2 Å². The molecule has 0 radical (unpaired) electrons. The number of rotatable bonds is 2. The van der Waals surface area contributed by atoms with Crippen molar-refractivity contribution in [3.05, 3.63) is 56.8 Å². The second-order valence-electron chi connectivity index (χ2n) is 6.60. The molecule has 12 heteroatoms. The first-order valence-corrected chi connectivity index (χ1v) is 11.0. The maximum atomic E-state index is 13.5. The van der Waals surface area contributed by atoms with Crippen LogP contribution >= 0.6 is 46.6 Å². The number of carbonyl (C=O) groups is 1. The first kappa shape index (κ1) is 22.4. The van der Waals surface area contributed by atoms with Crippen LogP contribution in [0.4, 0.5) is 18.0 Å². The number of amides is 1. The number of pyridine rings is 1. The number of carbonyl (C=O) groups excluding carboxylic acids is 1. The second kappa shape index (κ2) is 8.27. The molecular weight excluding hydrogens is 498 g/mol. The van der Waals surface area contributed by atoms with Crippen LogP contribution in [0.2, 0.25) is 15.1 Å². The van der Waals surface area contributed by atoms with E-state index in [1.54, 1.807) is 18.2 Å². The monoisotopic (exact) mass is 509 g/mol. The second-order valence-corrected chi connectivity index (χ2v) is 9.01. The number of nitrogens with zero attached hydrogens (tertiary/aromatic N) is 3. The third kappa shape index (κ3) is 3.92. The van der Waals surface area contributed by atoms with Gasteiger partial charge < -0.3 is 4.74 Å². The van der Waals surface area contributed by atoms with Gasteiger partial charge in [-0.3, -0.25) is 9.30 Å². The molecule has 0 saturated carbocycles. The van der Waals surface area contributed by atoms with E-state index in [2.05, 4.69) is 4.98 Å². The molecule has 1 amide bonds. The number of hydrogen-bond donors (Lipinski definition) is 0. The maximum Gasteiger partial charge on any atom is 0.417 e. The van der Waals surface area contributed by atoms with Crippen LogP contribution in [0.3, 0.4) is 0 Å². The van der Waals surface area contributed by atoms with Crippen molar-refractivity contribution in [3.8, 4) is 11.4 Å². The number of imidazole rings is 1. The van der Waals surface area contributed by atoms with Crippen molar-refractivity contribution in [2.75, 3.05) is 19.4 Å². The minimum Gasteiger partial charge on any atom is -0.453 e. The Morgan fingerprint density at radius 1 is 1.23 bits per heavy atom. The van der Waals surface area contributed by atoms with Gasteiger partial charge in [0.25, 0.3) is 0 Å². The van der Waals surface area contributed by atoms with Crippen molar-refractivity contribution in [1.29, 1.82) is 0 Å². The van der Waals surface area contributed by atoms with Crippen molar-refractivity contribution in [2.45, 2.75) is 11.6 Å². The van der Waals surface area contributed by atoms with Gasteiger partial charge >= 0.3 is 12.3 Å². The van der Waals surface area contributed by atoms with Crippen LogP contribution in [0.25, 0.3) is 16.9 Å². The van der Waals surface area contributed by atoms with E-state index in [0.717, 1.165) is 12.3 Å². The van der Waals surface area contributed by atoms with E-state index in [1.807, 2.05) is 0 Å². The quantitative estimate of drug-likeness (QED) is 0.381. The van der Waals surface area contributed by atoms with Crippen LogP contribution in [0.1, 0.15) is 16.6 Å². The van der Waals surface area contributed by atoms with E-state index in [4.69, 9.17) is 39.5 Å². The zero-order valence-corrected chi connectivity index (χ0v) is 18.8. The first-order chi connectivity index (χ1) is 14.6. The molecule has 5 nitrogen and oxygen atoms in total. The highest BCUT2D eigenvalue weighted by atomic mass is 35.5. The molecule has 0 spiro atoms. The van der Waals surface area contributed by atoms with Crippen LogP contribution in [0, 0.1) is 0 Å². The number of aromatic nitrogens is 2. The van der Waals surface area contributed by atoms with Gasteiger partial charge in [-0.05, 0) is 18.2 Å². The molecule has 3 heterocycles. The fourth-order valence-electron chi connectivity index (χ4n) is 3.41. The lowest BCUT2D eigenvalue weighted by molar-refractivity contribution is -0.137. The Morgan fingerprint density at radius 3 is 2.52 bits per heavy atom. The Morgan fingerprint density at radius 2 is 1.90 bits per heavy atom. The third-order valence-electron chi connectivity index (χ3n) is 4.76. The molecule has 164 valence electrons. The molecule has 4 rings (SSSR count). The molecule has 1 aliphatic rings. The Labute approximate surface area is 194 Å². The average molecular weight is 511 g/mol.